The summed E-state index contributed by atoms with van der Waals surface area (Å²) in [6.45, 7) is 0.106. The molecule has 0 saturated carbocycles. The SMILES string of the molecule is O=S1(=O)NC(=NCC2CCCS2(=O)=O)c2ccccc21. The first-order chi connectivity index (χ1) is 9.40. The molecule has 20 heavy (non-hydrogen) atoms. The van der Waals surface area contributed by atoms with Gasteiger partial charge in [-0.3, -0.25) is 9.71 Å². The Kier molecular flexibility index (Phi) is 3.09. The molecule has 1 aromatic carbocycles. The van der Waals surface area contributed by atoms with Crippen molar-refractivity contribution in [2.75, 3.05) is 12.3 Å². The summed E-state index contributed by atoms with van der Waals surface area (Å²) in [5.74, 6) is 0.438. The standard InChI is InChI=1S/C12H14N2O4S2/c15-19(16)7-3-4-9(19)8-13-12-10-5-1-2-6-11(10)20(17,18)14-12/h1-2,5-6,9H,3-4,7-8H2,(H,13,14). The molecule has 2 aliphatic rings. The van der Waals surface area contributed by atoms with E-state index in [0.29, 0.717) is 18.4 Å². The number of fused-ring (bicyclic) bond motifs is 1. The molecule has 1 aromatic rings. The zero-order chi connectivity index (χ0) is 14.4. The van der Waals surface area contributed by atoms with Crippen LogP contribution < -0.4 is 4.72 Å². The van der Waals surface area contributed by atoms with Crippen molar-refractivity contribution in [2.45, 2.75) is 23.0 Å². The summed E-state index contributed by atoms with van der Waals surface area (Å²) in [6, 6.07) is 6.53. The highest BCUT2D eigenvalue weighted by Gasteiger charge is 2.33. The van der Waals surface area contributed by atoms with Crippen LogP contribution in [-0.2, 0) is 19.9 Å². The van der Waals surface area contributed by atoms with Crippen molar-refractivity contribution in [1.29, 1.82) is 0 Å². The van der Waals surface area contributed by atoms with Gasteiger partial charge in [-0.05, 0) is 25.0 Å². The van der Waals surface area contributed by atoms with Gasteiger partial charge in [-0.2, -0.15) is 0 Å². The molecule has 108 valence electrons. The van der Waals surface area contributed by atoms with E-state index >= 15 is 0 Å². The molecule has 0 aromatic heterocycles. The van der Waals surface area contributed by atoms with Crippen LogP contribution in [0.3, 0.4) is 0 Å². The second-order valence-electron chi connectivity index (χ2n) is 4.92. The molecule has 1 N–H and O–H groups in total. The van der Waals surface area contributed by atoms with Gasteiger partial charge in [0.1, 0.15) is 5.84 Å². The molecular weight excluding hydrogens is 300 g/mol. The monoisotopic (exact) mass is 314 g/mol. The second kappa shape index (κ2) is 4.56. The molecule has 3 rings (SSSR count). The van der Waals surface area contributed by atoms with Crippen LogP contribution in [0.4, 0.5) is 0 Å². The lowest BCUT2D eigenvalue weighted by molar-refractivity contribution is 0.590. The highest BCUT2D eigenvalue weighted by atomic mass is 32.2. The van der Waals surface area contributed by atoms with Gasteiger partial charge in [0.15, 0.2) is 9.84 Å². The molecule has 0 radical (unpaired) electrons. The van der Waals surface area contributed by atoms with Gasteiger partial charge in [-0.15, -0.1) is 0 Å². The molecular formula is C12H14N2O4S2. The predicted molar refractivity (Wildman–Crippen MR) is 75.0 cm³/mol. The third-order valence-corrected chi connectivity index (χ3v) is 7.23. The van der Waals surface area contributed by atoms with Crippen LogP contribution >= 0.6 is 0 Å². The van der Waals surface area contributed by atoms with E-state index in [1.54, 1.807) is 18.2 Å². The zero-order valence-electron chi connectivity index (χ0n) is 10.6. The molecule has 2 heterocycles. The number of nitrogens with one attached hydrogen (secondary N) is 1. The minimum atomic E-state index is -3.56. The van der Waals surface area contributed by atoms with Crippen molar-refractivity contribution < 1.29 is 16.8 Å². The van der Waals surface area contributed by atoms with E-state index in [4.69, 9.17) is 0 Å². The van der Waals surface area contributed by atoms with Gasteiger partial charge < -0.3 is 0 Å². The summed E-state index contributed by atoms with van der Waals surface area (Å²) in [4.78, 5) is 4.37. The molecule has 6 nitrogen and oxygen atoms in total. The van der Waals surface area contributed by atoms with Gasteiger partial charge in [0, 0.05) is 5.56 Å². The van der Waals surface area contributed by atoms with Crippen molar-refractivity contribution in [1.82, 2.24) is 4.72 Å². The summed E-state index contributed by atoms with van der Waals surface area (Å²) in [6.07, 6.45) is 1.24. The summed E-state index contributed by atoms with van der Waals surface area (Å²) in [5, 5.41) is -0.493. The van der Waals surface area contributed by atoms with Crippen LogP contribution in [-0.4, -0.2) is 40.2 Å². The van der Waals surface area contributed by atoms with Gasteiger partial charge in [-0.1, -0.05) is 12.1 Å². The maximum absolute atomic E-state index is 11.9. The minimum Gasteiger partial charge on any atom is -0.266 e. The minimum absolute atomic E-state index is 0.106. The molecule has 0 bridgehead atoms. The second-order valence-corrected chi connectivity index (χ2v) is 8.97. The normalized spacial score (nSPS) is 28.2. The smallest absolute Gasteiger partial charge is 0.263 e. The van der Waals surface area contributed by atoms with Gasteiger partial charge in [-0.25, -0.2) is 16.8 Å². The Labute approximate surface area is 117 Å². The number of benzene rings is 1. The summed E-state index contributed by atoms with van der Waals surface area (Å²) in [7, 11) is -6.63. The maximum Gasteiger partial charge on any atom is 0.263 e. The zero-order valence-corrected chi connectivity index (χ0v) is 12.2. The summed E-state index contributed by atoms with van der Waals surface area (Å²) < 4.78 is 49.6. The first-order valence-electron chi connectivity index (χ1n) is 6.28. The Hall–Kier alpha value is -1.41. The Morgan fingerprint density at radius 1 is 1.20 bits per heavy atom. The fourth-order valence-corrected chi connectivity index (χ4v) is 5.49. The highest BCUT2D eigenvalue weighted by molar-refractivity contribution is 7.92. The molecule has 0 spiro atoms. The van der Waals surface area contributed by atoms with Crippen molar-refractivity contribution in [3.63, 3.8) is 0 Å². The molecule has 1 saturated heterocycles. The van der Waals surface area contributed by atoms with E-state index in [1.165, 1.54) is 6.07 Å². The lowest BCUT2D eigenvalue weighted by Gasteiger charge is -2.06. The average molecular weight is 314 g/mol. The average Bonchev–Trinajstić information content (AvgIpc) is 2.85. The van der Waals surface area contributed by atoms with Crippen molar-refractivity contribution in [3.05, 3.63) is 29.8 Å². The first kappa shape index (κ1) is 13.6. The van der Waals surface area contributed by atoms with Gasteiger partial charge >= 0.3 is 0 Å². The number of hydrogen-bond acceptors (Lipinski definition) is 5. The topological polar surface area (TPSA) is 92.7 Å². The van der Waals surface area contributed by atoms with E-state index in [-0.39, 0.29) is 23.0 Å². The number of rotatable bonds is 2. The number of nitrogens with zero attached hydrogens (tertiary/aromatic N) is 1. The van der Waals surface area contributed by atoms with Crippen LogP contribution in [0.25, 0.3) is 0 Å². The Bertz CT molecular complexity index is 781. The molecule has 1 unspecified atom stereocenters. The number of aliphatic imine (C=N–C) groups is 1. The van der Waals surface area contributed by atoms with Gasteiger partial charge in [0.25, 0.3) is 10.0 Å². The lowest BCUT2D eigenvalue weighted by atomic mass is 10.2. The summed E-state index contributed by atoms with van der Waals surface area (Å²) in [5.41, 5.74) is 0.503. The molecule has 0 amide bonds. The largest absolute Gasteiger partial charge is 0.266 e. The highest BCUT2D eigenvalue weighted by Crippen LogP contribution is 2.24. The predicted octanol–water partition coefficient (Wildman–Crippen LogP) is 0.302. The Balaban J connectivity index is 1.91. The number of sulfonamides is 1. The molecule has 1 atom stereocenters. The summed E-state index contributed by atoms with van der Waals surface area (Å²) >= 11 is 0. The number of hydrogen-bond donors (Lipinski definition) is 1. The van der Waals surface area contributed by atoms with E-state index in [2.05, 4.69) is 9.71 Å². The van der Waals surface area contributed by atoms with E-state index in [0.717, 1.165) is 0 Å². The third kappa shape index (κ3) is 2.22. The van der Waals surface area contributed by atoms with Crippen molar-refractivity contribution in [3.8, 4) is 0 Å². The first-order valence-corrected chi connectivity index (χ1v) is 9.48. The number of sulfone groups is 1. The molecule has 8 heteroatoms. The van der Waals surface area contributed by atoms with E-state index < -0.39 is 25.1 Å². The Morgan fingerprint density at radius 3 is 2.65 bits per heavy atom. The fourth-order valence-electron chi connectivity index (χ4n) is 2.51. The van der Waals surface area contributed by atoms with Crippen LogP contribution in [0, 0.1) is 0 Å². The maximum atomic E-state index is 11.9. The van der Waals surface area contributed by atoms with Crippen molar-refractivity contribution >= 4 is 25.7 Å². The quantitative estimate of drug-likeness (QED) is 0.850. The number of amidine groups is 1. The van der Waals surface area contributed by atoms with E-state index in [9.17, 15) is 16.8 Å². The van der Waals surface area contributed by atoms with Crippen LogP contribution in [0.1, 0.15) is 18.4 Å². The van der Waals surface area contributed by atoms with Gasteiger partial charge in [0.05, 0.1) is 22.4 Å². The van der Waals surface area contributed by atoms with Gasteiger partial charge in [0.2, 0.25) is 0 Å². The molecule has 1 fully saturated rings. The molecule has 2 aliphatic heterocycles. The van der Waals surface area contributed by atoms with Crippen LogP contribution in [0.2, 0.25) is 0 Å². The van der Waals surface area contributed by atoms with Crippen LogP contribution in [0.15, 0.2) is 34.2 Å². The van der Waals surface area contributed by atoms with E-state index in [1.807, 2.05) is 0 Å². The van der Waals surface area contributed by atoms with Crippen molar-refractivity contribution in [2.24, 2.45) is 4.99 Å². The molecule has 0 aliphatic carbocycles. The Morgan fingerprint density at radius 2 is 1.95 bits per heavy atom. The fraction of sp³-hybridized carbons (Fsp3) is 0.417. The lowest BCUT2D eigenvalue weighted by Crippen LogP contribution is -2.25. The van der Waals surface area contributed by atoms with Crippen LogP contribution in [0.5, 0.6) is 0 Å². The third-order valence-electron chi connectivity index (χ3n) is 3.58.